The Morgan fingerprint density at radius 3 is 2.75 bits per heavy atom. The predicted octanol–water partition coefficient (Wildman–Crippen LogP) is 2.48. The summed E-state index contributed by atoms with van der Waals surface area (Å²) >= 11 is 1.74. The van der Waals surface area contributed by atoms with Crippen LogP contribution in [-0.4, -0.2) is 19.7 Å². The summed E-state index contributed by atoms with van der Waals surface area (Å²) in [6, 6.07) is 0. The molecule has 0 spiro atoms. The SMILES string of the molecule is Cc1cnc(C(C)(C)NCc2nnc(C3CC3)n2C)s1. The van der Waals surface area contributed by atoms with Gasteiger partial charge in [-0.1, -0.05) is 0 Å². The highest BCUT2D eigenvalue weighted by molar-refractivity contribution is 7.11. The third kappa shape index (κ3) is 2.62. The molecule has 6 heteroatoms. The molecule has 2 aromatic rings. The number of rotatable bonds is 5. The fourth-order valence-corrected chi connectivity index (χ4v) is 3.09. The Hall–Kier alpha value is -1.27. The fraction of sp³-hybridized carbons (Fsp3) is 0.643. The van der Waals surface area contributed by atoms with Gasteiger partial charge in [0.05, 0.1) is 12.1 Å². The van der Waals surface area contributed by atoms with Crippen molar-refractivity contribution < 1.29 is 0 Å². The van der Waals surface area contributed by atoms with E-state index < -0.39 is 0 Å². The smallest absolute Gasteiger partial charge is 0.146 e. The zero-order valence-corrected chi connectivity index (χ0v) is 13.3. The number of nitrogens with zero attached hydrogens (tertiary/aromatic N) is 4. The lowest BCUT2D eigenvalue weighted by Crippen LogP contribution is -2.36. The van der Waals surface area contributed by atoms with Gasteiger partial charge in [-0.05, 0) is 33.6 Å². The molecule has 2 heterocycles. The van der Waals surface area contributed by atoms with Gasteiger partial charge in [0.15, 0.2) is 0 Å². The number of hydrogen-bond acceptors (Lipinski definition) is 5. The molecular formula is C14H21N5S. The normalized spacial score (nSPS) is 15.8. The Labute approximate surface area is 123 Å². The molecule has 5 nitrogen and oxygen atoms in total. The summed E-state index contributed by atoms with van der Waals surface area (Å²) in [7, 11) is 2.06. The van der Waals surface area contributed by atoms with Gasteiger partial charge in [-0.2, -0.15) is 0 Å². The maximum atomic E-state index is 4.48. The van der Waals surface area contributed by atoms with Gasteiger partial charge < -0.3 is 4.57 Å². The van der Waals surface area contributed by atoms with E-state index in [1.165, 1.54) is 17.7 Å². The molecule has 1 aliphatic carbocycles. The molecule has 20 heavy (non-hydrogen) atoms. The molecule has 0 atom stereocenters. The van der Waals surface area contributed by atoms with Gasteiger partial charge in [-0.3, -0.25) is 5.32 Å². The van der Waals surface area contributed by atoms with Crippen LogP contribution < -0.4 is 5.32 Å². The van der Waals surface area contributed by atoms with Crippen LogP contribution in [0.5, 0.6) is 0 Å². The molecule has 3 rings (SSSR count). The molecule has 108 valence electrons. The fourth-order valence-electron chi connectivity index (χ4n) is 2.25. The first-order valence-electron chi connectivity index (χ1n) is 7.03. The van der Waals surface area contributed by atoms with Crippen molar-refractivity contribution in [3.63, 3.8) is 0 Å². The second-order valence-corrected chi connectivity index (χ2v) is 7.30. The van der Waals surface area contributed by atoms with Crippen molar-refractivity contribution >= 4 is 11.3 Å². The van der Waals surface area contributed by atoms with Crippen molar-refractivity contribution in [3.8, 4) is 0 Å². The summed E-state index contributed by atoms with van der Waals surface area (Å²) < 4.78 is 2.13. The average Bonchev–Trinajstić information content (AvgIpc) is 3.03. The third-order valence-electron chi connectivity index (χ3n) is 3.79. The molecule has 0 aliphatic heterocycles. The number of aryl methyl sites for hydroxylation is 1. The van der Waals surface area contributed by atoms with Crippen molar-refractivity contribution in [3.05, 3.63) is 27.7 Å². The standard InChI is InChI=1S/C14H21N5S/c1-9-7-15-13(20-9)14(2,3)16-8-11-17-18-12(19(11)4)10-5-6-10/h7,10,16H,5-6,8H2,1-4H3. The first-order chi connectivity index (χ1) is 9.47. The van der Waals surface area contributed by atoms with Crippen molar-refractivity contribution in [1.29, 1.82) is 0 Å². The van der Waals surface area contributed by atoms with Crippen LogP contribution in [0.4, 0.5) is 0 Å². The summed E-state index contributed by atoms with van der Waals surface area (Å²) in [5, 5.41) is 13.3. The largest absolute Gasteiger partial charge is 0.317 e. The van der Waals surface area contributed by atoms with E-state index >= 15 is 0 Å². The lowest BCUT2D eigenvalue weighted by molar-refractivity contribution is 0.390. The molecule has 1 fully saturated rings. The number of nitrogens with one attached hydrogen (secondary N) is 1. The summed E-state index contributed by atoms with van der Waals surface area (Å²) in [4.78, 5) is 5.72. The van der Waals surface area contributed by atoms with Crippen LogP contribution in [0, 0.1) is 6.92 Å². The van der Waals surface area contributed by atoms with Gasteiger partial charge in [0.25, 0.3) is 0 Å². The Morgan fingerprint density at radius 1 is 1.40 bits per heavy atom. The maximum Gasteiger partial charge on any atom is 0.146 e. The maximum absolute atomic E-state index is 4.48. The minimum absolute atomic E-state index is 0.148. The van der Waals surface area contributed by atoms with Crippen LogP contribution in [0.25, 0.3) is 0 Å². The van der Waals surface area contributed by atoms with Gasteiger partial charge in [0, 0.05) is 24.0 Å². The van der Waals surface area contributed by atoms with Gasteiger partial charge in [-0.25, -0.2) is 4.98 Å². The first kappa shape index (κ1) is 13.7. The molecule has 0 saturated heterocycles. The first-order valence-corrected chi connectivity index (χ1v) is 7.85. The van der Waals surface area contributed by atoms with E-state index in [0.717, 1.165) is 16.7 Å². The quantitative estimate of drug-likeness (QED) is 0.919. The summed E-state index contributed by atoms with van der Waals surface area (Å²) in [6.45, 7) is 7.11. The van der Waals surface area contributed by atoms with Crippen molar-refractivity contribution in [1.82, 2.24) is 25.1 Å². The van der Waals surface area contributed by atoms with Crippen LogP contribution in [0.3, 0.4) is 0 Å². The number of aromatic nitrogens is 4. The molecular weight excluding hydrogens is 270 g/mol. The second kappa shape index (κ2) is 4.93. The molecule has 1 saturated carbocycles. The van der Waals surface area contributed by atoms with Crippen LogP contribution in [0.1, 0.15) is 54.1 Å². The van der Waals surface area contributed by atoms with E-state index in [0.29, 0.717) is 12.5 Å². The highest BCUT2D eigenvalue weighted by atomic mass is 32.1. The monoisotopic (exact) mass is 291 g/mol. The number of thiazole rings is 1. The van der Waals surface area contributed by atoms with Crippen LogP contribution >= 0.6 is 11.3 Å². The van der Waals surface area contributed by atoms with Gasteiger partial charge in [0.2, 0.25) is 0 Å². The zero-order valence-electron chi connectivity index (χ0n) is 12.5. The molecule has 0 radical (unpaired) electrons. The molecule has 0 bridgehead atoms. The van der Waals surface area contributed by atoms with Gasteiger partial charge >= 0.3 is 0 Å². The van der Waals surface area contributed by atoms with Gasteiger partial charge in [0.1, 0.15) is 16.7 Å². The van der Waals surface area contributed by atoms with E-state index in [1.807, 2.05) is 6.20 Å². The molecule has 0 aromatic carbocycles. The lowest BCUT2D eigenvalue weighted by atomic mass is 10.1. The van der Waals surface area contributed by atoms with E-state index in [1.54, 1.807) is 11.3 Å². The van der Waals surface area contributed by atoms with Crippen LogP contribution in [0.15, 0.2) is 6.20 Å². The summed E-state index contributed by atoms with van der Waals surface area (Å²) in [6.07, 6.45) is 4.43. The minimum atomic E-state index is -0.148. The Bertz CT molecular complexity index is 609. The van der Waals surface area contributed by atoms with Crippen molar-refractivity contribution in [2.45, 2.75) is 51.6 Å². The van der Waals surface area contributed by atoms with E-state index in [9.17, 15) is 0 Å². The molecule has 0 unspecified atom stereocenters. The van der Waals surface area contributed by atoms with Crippen molar-refractivity contribution in [2.24, 2.45) is 7.05 Å². The van der Waals surface area contributed by atoms with E-state index in [4.69, 9.17) is 0 Å². The Kier molecular flexibility index (Phi) is 3.38. The zero-order chi connectivity index (χ0) is 14.3. The topological polar surface area (TPSA) is 55.6 Å². The molecule has 2 aromatic heterocycles. The number of hydrogen-bond donors (Lipinski definition) is 1. The van der Waals surface area contributed by atoms with E-state index in [-0.39, 0.29) is 5.54 Å². The molecule has 0 amide bonds. The Balaban J connectivity index is 1.69. The molecule has 1 N–H and O–H groups in total. The Morgan fingerprint density at radius 2 is 2.15 bits per heavy atom. The minimum Gasteiger partial charge on any atom is -0.317 e. The third-order valence-corrected chi connectivity index (χ3v) is 5.02. The summed E-state index contributed by atoms with van der Waals surface area (Å²) in [5.74, 6) is 2.76. The van der Waals surface area contributed by atoms with Crippen LogP contribution in [-0.2, 0) is 19.1 Å². The van der Waals surface area contributed by atoms with Crippen LogP contribution in [0.2, 0.25) is 0 Å². The summed E-state index contributed by atoms with van der Waals surface area (Å²) in [5.41, 5.74) is -0.148. The molecule has 1 aliphatic rings. The lowest BCUT2D eigenvalue weighted by Gasteiger charge is -2.23. The van der Waals surface area contributed by atoms with Gasteiger partial charge in [-0.15, -0.1) is 21.5 Å². The average molecular weight is 291 g/mol. The van der Waals surface area contributed by atoms with Crippen molar-refractivity contribution in [2.75, 3.05) is 0 Å². The predicted molar refractivity (Wildman–Crippen MR) is 79.7 cm³/mol. The van der Waals surface area contributed by atoms with E-state index in [2.05, 4.69) is 52.9 Å². The highest BCUT2D eigenvalue weighted by Gasteiger charge is 2.30. The second-order valence-electron chi connectivity index (χ2n) is 6.06. The highest BCUT2D eigenvalue weighted by Crippen LogP contribution is 2.38.